The van der Waals surface area contributed by atoms with Crippen LogP contribution in [-0.2, 0) is 11.8 Å². The van der Waals surface area contributed by atoms with Gasteiger partial charge in [-0.05, 0) is 24.3 Å². The van der Waals surface area contributed by atoms with Crippen LogP contribution in [0.2, 0.25) is 0 Å². The number of hydrogen-bond acceptors (Lipinski definition) is 6. The number of nitrogens with two attached hydrogens (primary N) is 1. The summed E-state index contributed by atoms with van der Waals surface area (Å²) in [5, 5.41) is 11.7. The Hall–Kier alpha value is -3.33. The van der Waals surface area contributed by atoms with E-state index in [1.807, 2.05) is 35.9 Å². The summed E-state index contributed by atoms with van der Waals surface area (Å²) in [4.78, 5) is 23.7. The lowest BCUT2D eigenvalue weighted by Gasteiger charge is -2.08. The van der Waals surface area contributed by atoms with Gasteiger partial charge in [0.25, 0.3) is 5.91 Å². The number of nitrogens with zero attached hydrogens (tertiary/aromatic N) is 3. The summed E-state index contributed by atoms with van der Waals surface area (Å²) < 4.78 is 7.05. The third kappa shape index (κ3) is 4.32. The Morgan fingerprint density at radius 3 is 2.71 bits per heavy atom. The Bertz CT molecular complexity index is 1020. The minimum Gasteiger partial charge on any atom is -0.497 e. The van der Waals surface area contributed by atoms with Gasteiger partial charge in [-0.2, -0.15) is 0 Å². The van der Waals surface area contributed by atoms with Crippen molar-refractivity contribution in [2.45, 2.75) is 5.16 Å². The van der Waals surface area contributed by atoms with Crippen LogP contribution in [0, 0.1) is 0 Å². The van der Waals surface area contributed by atoms with Crippen molar-refractivity contribution in [1.82, 2.24) is 14.8 Å². The van der Waals surface area contributed by atoms with E-state index in [4.69, 9.17) is 10.5 Å². The molecule has 3 rings (SSSR count). The zero-order chi connectivity index (χ0) is 20.1. The summed E-state index contributed by atoms with van der Waals surface area (Å²) in [6, 6.07) is 14.1. The smallest absolute Gasteiger partial charge is 0.250 e. The number of amides is 2. The van der Waals surface area contributed by atoms with Gasteiger partial charge in [0, 0.05) is 12.6 Å². The molecule has 0 spiro atoms. The van der Waals surface area contributed by atoms with Crippen molar-refractivity contribution in [1.29, 1.82) is 0 Å². The number of aromatic nitrogens is 3. The zero-order valence-corrected chi connectivity index (χ0v) is 16.2. The molecule has 0 aliphatic heterocycles. The van der Waals surface area contributed by atoms with Gasteiger partial charge in [-0.15, -0.1) is 10.2 Å². The highest BCUT2D eigenvalue weighted by Gasteiger charge is 2.15. The minimum atomic E-state index is -0.597. The molecule has 0 fully saturated rings. The van der Waals surface area contributed by atoms with E-state index in [-0.39, 0.29) is 17.2 Å². The fourth-order valence-corrected chi connectivity index (χ4v) is 3.29. The first kappa shape index (κ1) is 19.4. The number of carbonyl (C=O) groups is 2. The van der Waals surface area contributed by atoms with Gasteiger partial charge in [0.2, 0.25) is 5.91 Å². The molecule has 144 valence electrons. The van der Waals surface area contributed by atoms with E-state index in [1.165, 1.54) is 11.8 Å². The predicted octanol–water partition coefficient (Wildman–Crippen LogP) is 2.32. The number of ether oxygens (including phenoxy) is 1. The molecule has 3 N–H and O–H groups in total. The van der Waals surface area contributed by atoms with E-state index in [0.717, 1.165) is 11.3 Å². The highest BCUT2D eigenvalue weighted by atomic mass is 32.2. The molecule has 9 heteroatoms. The fraction of sp³-hybridized carbons (Fsp3) is 0.158. The predicted molar refractivity (Wildman–Crippen MR) is 107 cm³/mol. The number of nitrogens with one attached hydrogen (secondary N) is 1. The first-order valence-electron chi connectivity index (χ1n) is 8.35. The van der Waals surface area contributed by atoms with Crippen molar-refractivity contribution >= 4 is 29.3 Å². The van der Waals surface area contributed by atoms with E-state index in [1.54, 1.807) is 31.4 Å². The van der Waals surface area contributed by atoms with Gasteiger partial charge in [-0.1, -0.05) is 36.0 Å². The molecule has 0 saturated heterocycles. The lowest BCUT2D eigenvalue weighted by Crippen LogP contribution is -2.19. The second-order valence-corrected chi connectivity index (χ2v) is 6.79. The number of benzene rings is 2. The average Bonchev–Trinajstić information content (AvgIpc) is 3.07. The highest BCUT2D eigenvalue weighted by Crippen LogP contribution is 2.25. The van der Waals surface area contributed by atoms with Crippen LogP contribution in [0.1, 0.15) is 10.4 Å². The molecule has 0 bridgehead atoms. The summed E-state index contributed by atoms with van der Waals surface area (Å²) in [6.45, 7) is 0. The molecule has 0 radical (unpaired) electrons. The highest BCUT2D eigenvalue weighted by molar-refractivity contribution is 7.99. The molecule has 0 unspecified atom stereocenters. The summed E-state index contributed by atoms with van der Waals surface area (Å²) in [5.41, 5.74) is 6.84. The molecule has 1 aromatic heterocycles. The van der Waals surface area contributed by atoms with Crippen molar-refractivity contribution in [3.8, 4) is 17.1 Å². The Morgan fingerprint density at radius 1 is 1.18 bits per heavy atom. The number of carbonyl (C=O) groups excluding carboxylic acids is 2. The maximum absolute atomic E-state index is 12.3. The van der Waals surface area contributed by atoms with Gasteiger partial charge in [-0.3, -0.25) is 9.59 Å². The van der Waals surface area contributed by atoms with Gasteiger partial charge >= 0.3 is 0 Å². The Kier molecular flexibility index (Phi) is 5.95. The molecule has 3 aromatic rings. The van der Waals surface area contributed by atoms with Crippen molar-refractivity contribution in [3.63, 3.8) is 0 Å². The molecule has 0 aliphatic carbocycles. The lowest BCUT2D eigenvalue weighted by molar-refractivity contribution is -0.113. The molecule has 0 aliphatic rings. The largest absolute Gasteiger partial charge is 0.497 e. The summed E-state index contributed by atoms with van der Waals surface area (Å²) in [6.07, 6.45) is 0. The molecular formula is C19H19N5O3S. The van der Waals surface area contributed by atoms with Crippen molar-refractivity contribution in [2.75, 3.05) is 18.2 Å². The lowest BCUT2D eigenvalue weighted by atomic mass is 10.1. The van der Waals surface area contributed by atoms with Gasteiger partial charge in [0.15, 0.2) is 11.0 Å². The fourth-order valence-electron chi connectivity index (χ4n) is 2.58. The van der Waals surface area contributed by atoms with Crippen molar-refractivity contribution < 1.29 is 14.3 Å². The van der Waals surface area contributed by atoms with Crippen molar-refractivity contribution in [3.05, 3.63) is 54.1 Å². The maximum atomic E-state index is 12.3. The van der Waals surface area contributed by atoms with Crippen LogP contribution < -0.4 is 15.8 Å². The first-order valence-corrected chi connectivity index (χ1v) is 9.33. The van der Waals surface area contributed by atoms with E-state index in [2.05, 4.69) is 15.5 Å². The molecule has 8 nitrogen and oxygen atoms in total. The third-order valence-electron chi connectivity index (χ3n) is 3.96. The Balaban J connectivity index is 1.68. The minimum absolute atomic E-state index is 0.108. The Labute approximate surface area is 166 Å². The second-order valence-electron chi connectivity index (χ2n) is 5.84. The SMILES string of the molecule is COc1cccc(-c2nnc(SCC(=O)Nc3ccccc3C(N)=O)n2C)c1. The second kappa shape index (κ2) is 8.57. The van der Waals surface area contributed by atoms with Gasteiger partial charge in [0.1, 0.15) is 5.75 Å². The molecule has 2 amide bonds. The standard InChI is InChI=1S/C19H19N5O3S/c1-24-18(12-6-5-7-13(10-12)27-2)22-23-19(24)28-11-16(25)21-15-9-4-3-8-14(15)17(20)26/h3-10H,11H2,1-2H3,(H2,20,26)(H,21,25). The van der Waals surface area contributed by atoms with E-state index >= 15 is 0 Å². The van der Waals surface area contributed by atoms with Gasteiger partial charge < -0.3 is 20.4 Å². The van der Waals surface area contributed by atoms with Crippen LogP contribution in [0.5, 0.6) is 5.75 Å². The Morgan fingerprint density at radius 2 is 1.96 bits per heavy atom. The number of methoxy groups -OCH3 is 1. The number of anilines is 1. The van der Waals surface area contributed by atoms with Crippen LogP contribution in [0.4, 0.5) is 5.69 Å². The van der Waals surface area contributed by atoms with Crippen LogP contribution in [-0.4, -0.2) is 39.4 Å². The van der Waals surface area contributed by atoms with E-state index in [9.17, 15) is 9.59 Å². The quantitative estimate of drug-likeness (QED) is 0.592. The number of para-hydroxylation sites is 1. The number of thioether (sulfide) groups is 1. The number of rotatable bonds is 7. The normalized spacial score (nSPS) is 10.5. The topological polar surface area (TPSA) is 112 Å². The van der Waals surface area contributed by atoms with E-state index in [0.29, 0.717) is 16.7 Å². The first-order chi connectivity index (χ1) is 13.5. The molecule has 0 atom stereocenters. The summed E-state index contributed by atoms with van der Waals surface area (Å²) in [7, 11) is 3.43. The summed E-state index contributed by atoms with van der Waals surface area (Å²) in [5.74, 6) is 0.629. The van der Waals surface area contributed by atoms with E-state index < -0.39 is 5.91 Å². The van der Waals surface area contributed by atoms with Gasteiger partial charge in [-0.25, -0.2) is 0 Å². The average molecular weight is 397 g/mol. The molecule has 2 aromatic carbocycles. The van der Waals surface area contributed by atoms with Crippen LogP contribution in [0.15, 0.2) is 53.7 Å². The molecule has 0 saturated carbocycles. The molecule has 28 heavy (non-hydrogen) atoms. The number of hydrogen-bond donors (Lipinski definition) is 2. The zero-order valence-electron chi connectivity index (χ0n) is 15.4. The van der Waals surface area contributed by atoms with Gasteiger partial charge in [0.05, 0.1) is 24.1 Å². The maximum Gasteiger partial charge on any atom is 0.250 e. The van der Waals surface area contributed by atoms with Crippen LogP contribution >= 0.6 is 11.8 Å². The molecule has 1 heterocycles. The summed E-state index contributed by atoms with van der Waals surface area (Å²) >= 11 is 1.24. The molecular weight excluding hydrogens is 378 g/mol. The van der Waals surface area contributed by atoms with Crippen LogP contribution in [0.3, 0.4) is 0 Å². The van der Waals surface area contributed by atoms with Crippen molar-refractivity contribution in [2.24, 2.45) is 12.8 Å². The van der Waals surface area contributed by atoms with Crippen LogP contribution in [0.25, 0.3) is 11.4 Å². The third-order valence-corrected chi connectivity index (χ3v) is 4.98. The monoisotopic (exact) mass is 397 g/mol. The number of primary amides is 1.